The molecular formula is C12H15BrF3NO2. The number of halogens is 4. The van der Waals surface area contributed by atoms with Crippen LogP contribution in [0.1, 0.15) is 12.5 Å². The van der Waals surface area contributed by atoms with Crippen molar-refractivity contribution in [1.29, 1.82) is 0 Å². The maximum atomic E-state index is 11.8. The van der Waals surface area contributed by atoms with Crippen LogP contribution in [0.2, 0.25) is 0 Å². The van der Waals surface area contributed by atoms with Crippen LogP contribution >= 0.6 is 15.9 Å². The first-order valence-electron chi connectivity index (χ1n) is 5.65. The van der Waals surface area contributed by atoms with Gasteiger partial charge in [-0.25, -0.2) is 0 Å². The maximum absolute atomic E-state index is 11.8. The first-order valence-corrected chi connectivity index (χ1v) is 6.45. The van der Waals surface area contributed by atoms with E-state index in [9.17, 15) is 13.2 Å². The van der Waals surface area contributed by atoms with Gasteiger partial charge in [-0.15, -0.1) is 13.2 Å². The lowest BCUT2D eigenvalue weighted by Gasteiger charge is -2.14. The highest BCUT2D eigenvalue weighted by molar-refractivity contribution is 9.10. The molecule has 0 saturated carbocycles. The molecule has 7 heteroatoms. The van der Waals surface area contributed by atoms with E-state index in [1.807, 2.05) is 13.0 Å². The van der Waals surface area contributed by atoms with E-state index in [0.717, 1.165) is 10.0 Å². The molecule has 0 amide bonds. The van der Waals surface area contributed by atoms with E-state index in [2.05, 4.69) is 20.7 Å². The third-order valence-electron chi connectivity index (χ3n) is 2.17. The predicted octanol–water partition coefficient (Wildman–Crippen LogP) is 3.25. The van der Waals surface area contributed by atoms with Crippen molar-refractivity contribution in [2.45, 2.75) is 25.7 Å². The summed E-state index contributed by atoms with van der Waals surface area (Å²) in [5.74, 6) is 0.520. The zero-order valence-corrected chi connectivity index (χ0v) is 11.9. The zero-order chi connectivity index (χ0) is 14.5. The van der Waals surface area contributed by atoms with Crippen molar-refractivity contribution in [3.63, 3.8) is 0 Å². The highest BCUT2D eigenvalue weighted by atomic mass is 79.9. The molecular weight excluding hydrogens is 327 g/mol. The second kappa shape index (κ2) is 7.12. The van der Waals surface area contributed by atoms with Crippen LogP contribution in [0.15, 0.2) is 22.7 Å². The lowest BCUT2D eigenvalue weighted by molar-refractivity contribution is -0.325. The number of nitrogens with two attached hydrogens (primary N) is 1. The van der Waals surface area contributed by atoms with E-state index in [1.165, 1.54) is 0 Å². The molecule has 0 spiro atoms. The van der Waals surface area contributed by atoms with E-state index in [4.69, 9.17) is 10.5 Å². The molecule has 0 bridgehead atoms. The van der Waals surface area contributed by atoms with Crippen molar-refractivity contribution in [2.24, 2.45) is 5.73 Å². The Kier molecular flexibility index (Phi) is 6.09. The Morgan fingerprint density at radius 2 is 2.00 bits per heavy atom. The molecule has 0 aliphatic heterocycles. The van der Waals surface area contributed by atoms with Crippen LogP contribution in [0.25, 0.3) is 0 Å². The highest BCUT2D eigenvalue weighted by Crippen LogP contribution is 2.24. The summed E-state index contributed by atoms with van der Waals surface area (Å²) in [6.07, 6.45) is -4.05. The smallest absolute Gasteiger partial charge is 0.491 e. The molecule has 0 heterocycles. The number of rotatable bonds is 6. The van der Waals surface area contributed by atoms with Gasteiger partial charge in [-0.2, -0.15) is 0 Å². The number of ether oxygens (including phenoxy) is 2. The quantitative estimate of drug-likeness (QED) is 0.807. The second-order valence-corrected chi connectivity index (χ2v) is 4.99. The summed E-state index contributed by atoms with van der Waals surface area (Å²) >= 11 is 3.32. The van der Waals surface area contributed by atoms with Gasteiger partial charge in [-0.3, -0.25) is 4.74 Å². The van der Waals surface area contributed by atoms with Crippen LogP contribution in [0.4, 0.5) is 13.2 Å². The fourth-order valence-corrected chi connectivity index (χ4v) is 1.91. The Hall–Kier alpha value is -0.790. The largest absolute Gasteiger partial charge is 0.522 e. The van der Waals surface area contributed by atoms with Crippen LogP contribution in [0.5, 0.6) is 5.75 Å². The fraction of sp³-hybridized carbons (Fsp3) is 0.500. The van der Waals surface area contributed by atoms with Gasteiger partial charge in [-0.05, 0) is 37.1 Å². The van der Waals surface area contributed by atoms with Crippen LogP contribution in [0, 0.1) is 0 Å². The van der Waals surface area contributed by atoms with Gasteiger partial charge in [0, 0.05) is 10.5 Å². The summed E-state index contributed by atoms with van der Waals surface area (Å²) in [5, 5.41) is 0. The minimum Gasteiger partial charge on any atom is -0.491 e. The number of alkyl halides is 3. The third-order valence-corrected chi connectivity index (χ3v) is 2.66. The summed E-state index contributed by atoms with van der Waals surface area (Å²) in [5.41, 5.74) is 6.55. The average Bonchev–Trinajstić information content (AvgIpc) is 2.24. The summed E-state index contributed by atoms with van der Waals surface area (Å²) in [4.78, 5) is 0. The van der Waals surface area contributed by atoms with Gasteiger partial charge in [0.15, 0.2) is 0 Å². The molecule has 0 radical (unpaired) electrons. The summed E-state index contributed by atoms with van der Waals surface area (Å²) in [6, 6.07) is 5.21. The molecule has 1 aromatic rings. The number of hydrogen-bond donors (Lipinski definition) is 1. The average molecular weight is 342 g/mol. The molecule has 1 unspecified atom stereocenters. The molecule has 108 valence electrons. The van der Waals surface area contributed by atoms with Gasteiger partial charge >= 0.3 is 6.36 Å². The van der Waals surface area contributed by atoms with Crippen molar-refractivity contribution in [1.82, 2.24) is 0 Å². The van der Waals surface area contributed by atoms with Gasteiger partial charge in [0.1, 0.15) is 12.4 Å². The van der Waals surface area contributed by atoms with Crippen molar-refractivity contribution >= 4 is 15.9 Å². The monoisotopic (exact) mass is 341 g/mol. The normalized spacial score (nSPS) is 13.4. The lowest BCUT2D eigenvalue weighted by atomic mass is 10.1. The molecule has 0 aromatic heterocycles. The number of hydrogen-bond acceptors (Lipinski definition) is 3. The fourth-order valence-electron chi connectivity index (χ4n) is 1.50. The van der Waals surface area contributed by atoms with E-state index in [0.29, 0.717) is 12.2 Å². The minimum absolute atomic E-state index is 0.0666. The highest BCUT2D eigenvalue weighted by Gasteiger charge is 2.28. The van der Waals surface area contributed by atoms with Gasteiger partial charge in [-0.1, -0.05) is 15.9 Å². The topological polar surface area (TPSA) is 44.5 Å². The first kappa shape index (κ1) is 16.3. The maximum Gasteiger partial charge on any atom is 0.522 e. The lowest BCUT2D eigenvalue weighted by Crippen LogP contribution is -2.20. The van der Waals surface area contributed by atoms with E-state index < -0.39 is 13.0 Å². The summed E-state index contributed by atoms with van der Waals surface area (Å²) < 4.78 is 45.1. The van der Waals surface area contributed by atoms with Crippen LogP contribution < -0.4 is 10.5 Å². The molecule has 0 aliphatic rings. The minimum atomic E-state index is -4.63. The Balaban J connectivity index is 2.57. The molecule has 3 nitrogen and oxygen atoms in total. The molecule has 0 fully saturated rings. The van der Waals surface area contributed by atoms with Gasteiger partial charge in [0.25, 0.3) is 0 Å². The molecule has 0 saturated heterocycles. The van der Waals surface area contributed by atoms with Crippen LogP contribution in [-0.4, -0.2) is 25.6 Å². The van der Waals surface area contributed by atoms with Gasteiger partial charge in [0.05, 0.1) is 6.61 Å². The first-order chi connectivity index (χ1) is 8.78. The molecule has 1 rings (SSSR count). The van der Waals surface area contributed by atoms with Gasteiger partial charge < -0.3 is 10.5 Å². The van der Waals surface area contributed by atoms with Crippen molar-refractivity contribution in [3.8, 4) is 5.75 Å². The third kappa shape index (κ3) is 6.79. The Bertz CT molecular complexity index is 410. The standard InChI is InChI=1S/C12H15BrF3NO2/c1-8(17)6-9-7-10(13)2-3-11(9)18-4-5-19-12(14,15)16/h2-3,7-8H,4-6,17H2,1H3. The van der Waals surface area contributed by atoms with E-state index in [-0.39, 0.29) is 12.6 Å². The van der Waals surface area contributed by atoms with Crippen molar-refractivity contribution < 1.29 is 22.6 Å². The predicted molar refractivity (Wildman–Crippen MR) is 69.0 cm³/mol. The zero-order valence-electron chi connectivity index (χ0n) is 10.3. The van der Waals surface area contributed by atoms with Crippen molar-refractivity contribution in [3.05, 3.63) is 28.2 Å². The molecule has 0 aliphatic carbocycles. The Morgan fingerprint density at radius 1 is 1.32 bits per heavy atom. The van der Waals surface area contributed by atoms with Gasteiger partial charge in [0.2, 0.25) is 0 Å². The van der Waals surface area contributed by atoms with E-state index >= 15 is 0 Å². The Morgan fingerprint density at radius 3 is 2.58 bits per heavy atom. The second-order valence-electron chi connectivity index (χ2n) is 4.08. The summed E-state index contributed by atoms with van der Waals surface area (Å²) in [6.45, 7) is 1.13. The Labute approximate surface area is 118 Å². The van der Waals surface area contributed by atoms with Crippen LogP contribution in [0.3, 0.4) is 0 Å². The summed E-state index contributed by atoms with van der Waals surface area (Å²) in [7, 11) is 0. The number of benzene rings is 1. The molecule has 1 atom stereocenters. The SMILES string of the molecule is CC(N)Cc1cc(Br)ccc1OCCOC(F)(F)F. The molecule has 2 N–H and O–H groups in total. The van der Waals surface area contributed by atoms with Crippen LogP contribution in [-0.2, 0) is 11.2 Å². The molecule has 19 heavy (non-hydrogen) atoms. The van der Waals surface area contributed by atoms with Crippen molar-refractivity contribution in [2.75, 3.05) is 13.2 Å². The molecule has 1 aromatic carbocycles. The van der Waals surface area contributed by atoms with E-state index in [1.54, 1.807) is 12.1 Å².